The Balaban J connectivity index is 0.00000200. The number of thiazole rings is 1. The van der Waals surface area contributed by atoms with Gasteiger partial charge in [-0.15, -0.1) is 23.7 Å². The zero-order chi connectivity index (χ0) is 13.9. The van der Waals surface area contributed by atoms with Gasteiger partial charge in [0.1, 0.15) is 10.7 Å². The van der Waals surface area contributed by atoms with Crippen molar-refractivity contribution < 1.29 is 9.90 Å². The molecule has 114 valence electrons. The highest BCUT2D eigenvalue weighted by Crippen LogP contribution is 2.35. The molecule has 0 radical (unpaired) electrons. The molecule has 1 amide bonds. The van der Waals surface area contributed by atoms with Crippen LogP contribution >= 0.6 is 23.7 Å². The number of carbonyl (C=O) groups excluding carboxylic acids is 1. The molecule has 2 atom stereocenters. The van der Waals surface area contributed by atoms with E-state index in [-0.39, 0.29) is 29.8 Å². The minimum atomic E-state index is -0.336. The molecule has 2 rings (SSSR count). The Kier molecular flexibility index (Phi) is 6.39. The molecule has 1 saturated carbocycles. The molecule has 2 unspecified atom stereocenters. The fourth-order valence-electron chi connectivity index (χ4n) is 2.47. The first kappa shape index (κ1) is 17.4. The third-order valence-electron chi connectivity index (χ3n) is 3.89. The first-order valence-electron chi connectivity index (χ1n) is 6.66. The van der Waals surface area contributed by atoms with Crippen molar-refractivity contribution in [2.75, 3.05) is 6.54 Å². The Labute approximate surface area is 129 Å². The van der Waals surface area contributed by atoms with Crippen LogP contribution in [-0.2, 0) is 6.54 Å². The van der Waals surface area contributed by atoms with Crippen molar-refractivity contribution in [2.45, 2.75) is 45.3 Å². The van der Waals surface area contributed by atoms with Crippen molar-refractivity contribution in [3.05, 3.63) is 16.1 Å². The molecular formula is C13H22ClN3O2S. The summed E-state index contributed by atoms with van der Waals surface area (Å²) >= 11 is 1.39. The Bertz CT molecular complexity index is 455. The zero-order valence-electron chi connectivity index (χ0n) is 11.6. The number of hydrogen-bond acceptors (Lipinski definition) is 5. The van der Waals surface area contributed by atoms with Gasteiger partial charge in [-0.3, -0.25) is 4.79 Å². The lowest BCUT2D eigenvalue weighted by Crippen LogP contribution is -2.45. The molecule has 0 spiro atoms. The van der Waals surface area contributed by atoms with E-state index in [1.807, 2.05) is 6.92 Å². The highest BCUT2D eigenvalue weighted by Gasteiger charge is 2.35. The van der Waals surface area contributed by atoms with Gasteiger partial charge in [0, 0.05) is 23.9 Å². The monoisotopic (exact) mass is 319 g/mol. The second-order valence-corrected chi connectivity index (χ2v) is 6.37. The fourth-order valence-corrected chi connectivity index (χ4v) is 3.12. The number of nitrogens with two attached hydrogens (primary N) is 1. The summed E-state index contributed by atoms with van der Waals surface area (Å²) in [6.07, 6.45) is 3.60. The topological polar surface area (TPSA) is 88.2 Å². The van der Waals surface area contributed by atoms with Crippen molar-refractivity contribution in [2.24, 2.45) is 11.1 Å². The third kappa shape index (κ3) is 3.91. The van der Waals surface area contributed by atoms with E-state index in [0.29, 0.717) is 18.8 Å². The molecule has 4 N–H and O–H groups in total. The summed E-state index contributed by atoms with van der Waals surface area (Å²) in [6.45, 7) is 2.88. The van der Waals surface area contributed by atoms with E-state index >= 15 is 0 Å². The van der Waals surface area contributed by atoms with E-state index < -0.39 is 0 Å². The van der Waals surface area contributed by atoms with E-state index in [1.165, 1.54) is 11.3 Å². The molecular weight excluding hydrogens is 298 g/mol. The van der Waals surface area contributed by atoms with Gasteiger partial charge in [-0.1, -0.05) is 19.8 Å². The predicted molar refractivity (Wildman–Crippen MR) is 82.2 cm³/mol. The summed E-state index contributed by atoms with van der Waals surface area (Å²) in [5.41, 5.74) is 5.67. The van der Waals surface area contributed by atoms with Gasteiger partial charge in [0.05, 0.1) is 6.10 Å². The van der Waals surface area contributed by atoms with Crippen molar-refractivity contribution >= 4 is 29.7 Å². The third-order valence-corrected chi connectivity index (χ3v) is 4.76. The lowest BCUT2D eigenvalue weighted by atomic mass is 9.73. The van der Waals surface area contributed by atoms with Gasteiger partial charge in [-0.25, -0.2) is 4.98 Å². The van der Waals surface area contributed by atoms with E-state index in [0.717, 1.165) is 30.7 Å². The van der Waals surface area contributed by atoms with Crippen LogP contribution in [0.3, 0.4) is 0 Å². The molecule has 5 nitrogen and oxygen atoms in total. The molecule has 0 aliphatic heterocycles. The number of amides is 1. The second kappa shape index (κ2) is 7.36. The molecule has 1 aliphatic carbocycles. The predicted octanol–water partition coefficient (Wildman–Crippen LogP) is 1.69. The van der Waals surface area contributed by atoms with Crippen molar-refractivity contribution in [3.8, 4) is 0 Å². The lowest BCUT2D eigenvalue weighted by molar-refractivity contribution is 0.00187. The zero-order valence-corrected chi connectivity index (χ0v) is 13.2. The van der Waals surface area contributed by atoms with Crippen LogP contribution in [-0.4, -0.2) is 28.6 Å². The average molecular weight is 320 g/mol. The van der Waals surface area contributed by atoms with Gasteiger partial charge >= 0.3 is 0 Å². The Morgan fingerprint density at radius 1 is 1.65 bits per heavy atom. The van der Waals surface area contributed by atoms with Crippen molar-refractivity contribution in [3.63, 3.8) is 0 Å². The minimum Gasteiger partial charge on any atom is -0.392 e. The number of aliphatic hydroxyl groups excluding tert-OH is 1. The Morgan fingerprint density at radius 3 is 3.00 bits per heavy atom. The number of hydrogen-bond donors (Lipinski definition) is 3. The van der Waals surface area contributed by atoms with Crippen LogP contribution in [0.1, 0.15) is 48.1 Å². The van der Waals surface area contributed by atoms with Gasteiger partial charge in [0.25, 0.3) is 5.91 Å². The Morgan fingerprint density at radius 2 is 2.40 bits per heavy atom. The van der Waals surface area contributed by atoms with Gasteiger partial charge in [-0.2, -0.15) is 0 Å². The summed E-state index contributed by atoms with van der Waals surface area (Å²) in [5.74, 6) is -0.185. The van der Waals surface area contributed by atoms with Crippen LogP contribution < -0.4 is 11.1 Å². The molecule has 1 aromatic heterocycles. The second-order valence-electron chi connectivity index (χ2n) is 5.43. The van der Waals surface area contributed by atoms with Crippen LogP contribution in [0.5, 0.6) is 0 Å². The molecule has 1 fully saturated rings. The van der Waals surface area contributed by atoms with Crippen molar-refractivity contribution in [1.82, 2.24) is 10.3 Å². The quantitative estimate of drug-likeness (QED) is 0.788. The number of aliphatic hydroxyl groups is 1. The number of nitrogens with zero attached hydrogens (tertiary/aromatic N) is 1. The van der Waals surface area contributed by atoms with Gasteiger partial charge in [-0.05, 0) is 12.8 Å². The van der Waals surface area contributed by atoms with Gasteiger partial charge < -0.3 is 16.2 Å². The van der Waals surface area contributed by atoms with E-state index in [4.69, 9.17) is 5.73 Å². The van der Waals surface area contributed by atoms with E-state index in [2.05, 4.69) is 10.3 Å². The summed E-state index contributed by atoms with van der Waals surface area (Å²) in [5, 5.41) is 15.4. The highest BCUT2D eigenvalue weighted by atomic mass is 35.5. The number of aromatic nitrogens is 1. The SMILES string of the molecule is CC1(CNC(=O)c2csc(CN)n2)CCCCC1O.Cl. The maximum absolute atomic E-state index is 12.0. The Hall–Kier alpha value is -0.690. The smallest absolute Gasteiger partial charge is 0.270 e. The molecule has 0 aromatic carbocycles. The molecule has 0 saturated heterocycles. The van der Waals surface area contributed by atoms with Crippen LogP contribution in [0, 0.1) is 5.41 Å². The van der Waals surface area contributed by atoms with Crippen molar-refractivity contribution in [1.29, 1.82) is 0 Å². The summed E-state index contributed by atoms with van der Waals surface area (Å²) in [6, 6.07) is 0. The molecule has 0 bridgehead atoms. The van der Waals surface area contributed by atoms with Crippen LogP contribution in [0.25, 0.3) is 0 Å². The van der Waals surface area contributed by atoms with E-state index in [1.54, 1.807) is 5.38 Å². The number of halogens is 1. The molecule has 1 aliphatic rings. The number of carbonyl (C=O) groups is 1. The standard InChI is InChI=1S/C13H21N3O2S.ClH/c1-13(5-3-2-4-10(13)17)8-15-12(18)9-7-19-11(6-14)16-9;/h7,10,17H,2-6,8,14H2,1H3,(H,15,18);1H. The molecule has 7 heteroatoms. The number of nitrogens with one attached hydrogen (secondary N) is 1. The van der Waals surface area contributed by atoms with Crippen LogP contribution in [0.2, 0.25) is 0 Å². The first-order chi connectivity index (χ1) is 9.05. The maximum atomic E-state index is 12.0. The summed E-state index contributed by atoms with van der Waals surface area (Å²) < 4.78 is 0. The van der Waals surface area contributed by atoms with Crippen LogP contribution in [0.15, 0.2) is 5.38 Å². The molecule has 20 heavy (non-hydrogen) atoms. The van der Waals surface area contributed by atoms with Gasteiger partial charge in [0.2, 0.25) is 0 Å². The average Bonchev–Trinajstić information content (AvgIpc) is 2.89. The highest BCUT2D eigenvalue weighted by molar-refractivity contribution is 7.09. The maximum Gasteiger partial charge on any atom is 0.270 e. The molecule has 1 heterocycles. The lowest BCUT2D eigenvalue weighted by Gasteiger charge is -2.38. The number of rotatable bonds is 4. The normalized spacial score (nSPS) is 25.9. The van der Waals surface area contributed by atoms with Crippen LogP contribution in [0.4, 0.5) is 0 Å². The largest absolute Gasteiger partial charge is 0.392 e. The van der Waals surface area contributed by atoms with E-state index in [9.17, 15) is 9.90 Å². The minimum absolute atomic E-state index is 0. The summed E-state index contributed by atoms with van der Waals surface area (Å²) in [7, 11) is 0. The summed E-state index contributed by atoms with van der Waals surface area (Å²) in [4.78, 5) is 16.1. The first-order valence-corrected chi connectivity index (χ1v) is 7.54. The molecule has 1 aromatic rings. The fraction of sp³-hybridized carbons (Fsp3) is 0.692. The van der Waals surface area contributed by atoms with Gasteiger partial charge in [0.15, 0.2) is 0 Å².